The summed E-state index contributed by atoms with van der Waals surface area (Å²) in [4.78, 5) is 36.0. The van der Waals surface area contributed by atoms with E-state index >= 15 is 0 Å². The summed E-state index contributed by atoms with van der Waals surface area (Å²) in [6.45, 7) is -0.538. The van der Waals surface area contributed by atoms with Gasteiger partial charge >= 0.3 is 5.97 Å². The van der Waals surface area contributed by atoms with Crippen LogP contribution in [0.2, 0.25) is 0 Å². The van der Waals surface area contributed by atoms with Crippen LogP contribution in [0.1, 0.15) is 28.8 Å². The largest absolute Gasteiger partial charge is 0.478 e. The van der Waals surface area contributed by atoms with Gasteiger partial charge in [-0.1, -0.05) is 36.4 Å². The van der Waals surface area contributed by atoms with E-state index in [0.717, 1.165) is 11.6 Å². The molecule has 1 aliphatic rings. The number of benzene rings is 2. The molecule has 1 aliphatic heterocycles. The molecule has 28 heavy (non-hydrogen) atoms. The average molecular weight is 401 g/mol. The molecule has 0 aromatic heterocycles. The summed E-state index contributed by atoms with van der Waals surface area (Å²) in [6, 6.07) is 13.9. The molecule has 1 heterocycles. The highest BCUT2D eigenvalue weighted by atomic mass is 32.2. The highest BCUT2D eigenvalue weighted by Gasteiger charge is 2.38. The van der Waals surface area contributed by atoms with Crippen LogP contribution in [0.5, 0.6) is 0 Å². The summed E-state index contributed by atoms with van der Waals surface area (Å²) in [7, 11) is -4.35. The fourth-order valence-electron chi connectivity index (χ4n) is 3.19. The minimum atomic E-state index is -4.35. The Labute approximate surface area is 162 Å². The third-order valence-electron chi connectivity index (χ3n) is 4.68. The van der Waals surface area contributed by atoms with Gasteiger partial charge in [0.05, 0.1) is 17.0 Å². The molecule has 1 atom stereocenters. The minimum Gasteiger partial charge on any atom is -0.478 e. The molecule has 0 spiro atoms. The summed E-state index contributed by atoms with van der Waals surface area (Å²) in [5.41, 5.74) is 0.663. The van der Waals surface area contributed by atoms with E-state index in [9.17, 15) is 22.8 Å². The van der Waals surface area contributed by atoms with Crippen LogP contribution in [0.3, 0.4) is 0 Å². The Morgan fingerprint density at radius 3 is 2.46 bits per heavy atom. The number of carboxylic acids is 1. The van der Waals surface area contributed by atoms with Crippen LogP contribution in [-0.2, 0) is 26.0 Å². The van der Waals surface area contributed by atoms with E-state index in [1.54, 1.807) is 0 Å². The van der Waals surface area contributed by atoms with Crippen LogP contribution in [-0.4, -0.2) is 42.0 Å². The Bertz CT molecular complexity index is 1020. The minimum absolute atomic E-state index is 0.116. The molecule has 146 valence electrons. The van der Waals surface area contributed by atoms with Gasteiger partial charge in [0, 0.05) is 12.3 Å². The van der Waals surface area contributed by atoms with Gasteiger partial charge in [0.1, 0.15) is 0 Å². The van der Waals surface area contributed by atoms with Gasteiger partial charge in [-0.2, -0.15) is 0 Å². The number of carbonyl (C=O) groups excluding carboxylic acids is 2. The van der Waals surface area contributed by atoms with Crippen molar-refractivity contribution >= 4 is 27.7 Å². The number of rotatable bonds is 5. The van der Waals surface area contributed by atoms with Gasteiger partial charge in [0.25, 0.3) is 10.0 Å². The normalized spacial score (nSPS) is 18.0. The van der Waals surface area contributed by atoms with Crippen LogP contribution in [0.25, 0.3) is 0 Å². The van der Waals surface area contributed by atoms with E-state index in [0.29, 0.717) is 10.7 Å². The van der Waals surface area contributed by atoms with Crippen molar-refractivity contribution in [1.29, 1.82) is 0 Å². The highest BCUT2D eigenvalue weighted by Crippen LogP contribution is 2.26. The van der Waals surface area contributed by atoms with Gasteiger partial charge in [-0.05, 0) is 36.6 Å². The lowest BCUT2D eigenvalue weighted by Crippen LogP contribution is -2.42. The second kappa shape index (κ2) is 7.93. The van der Waals surface area contributed by atoms with E-state index in [1.165, 1.54) is 18.2 Å². The molecular formula is C20H19NO6S. The zero-order valence-corrected chi connectivity index (χ0v) is 15.8. The second-order valence-corrected chi connectivity index (χ2v) is 8.51. The molecular weight excluding hydrogens is 382 g/mol. The van der Waals surface area contributed by atoms with Crippen molar-refractivity contribution in [3.8, 4) is 0 Å². The van der Waals surface area contributed by atoms with Crippen LogP contribution in [0.4, 0.5) is 0 Å². The predicted molar refractivity (Wildman–Crippen MR) is 100 cm³/mol. The summed E-state index contributed by atoms with van der Waals surface area (Å²) in [5.74, 6) is -2.92. The summed E-state index contributed by atoms with van der Waals surface area (Å²) >= 11 is 0. The van der Waals surface area contributed by atoms with Gasteiger partial charge in [-0.25, -0.2) is 17.5 Å². The number of carbonyl (C=O) groups is 3. The molecule has 0 aliphatic carbocycles. The lowest BCUT2D eigenvalue weighted by molar-refractivity contribution is -0.131. The van der Waals surface area contributed by atoms with Gasteiger partial charge < -0.3 is 5.11 Å². The van der Waals surface area contributed by atoms with Gasteiger partial charge in [-0.3, -0.25) is 9.59 Å². The number of Topliss-reactive ketones (excluding diaryl/α,β-unsaturated/α-hetero) is 1. The number of amides is 1. The number of hydrogen-bond donors (Lipinski definition) is 1. The fourth-order valence-corrected chi connectivity index (χ4v) is 4.67. The molecule has 2 aromatic rings. The summed E-state index contributed by atoms with van der Waals surface area (Å²) in [5, 5.41) is 9.10. The molecule has 1 saturated heterocycles. The topological polar surface area (TPSA) is 109 Å². The van der Waals surface area contributed by atoms with Crippen molar-refractivity contribution in [2.24, 2.45) is 5.92 Å². The first-order valence-electron chi connectivity index (χ1n) is 8.74. The lowest BCUT2D eigenvalue weighted by atomic mass is 9.94. The number of nitrogens with zero attached hydrogens (tertiary/aromatic N) is 1. The van der Waals surface area contributed by atoms with E-state index in [2.05, 4.69) is 0 Å². The van der Waals surface area contributed by atoms with Crippen LogP contribution >= 0.6 is 0 Å². The van der Waals surface area contributed by atoms with Crippen molar-refractivity contribution in [1.82, 2.24) is 4.31 Å². The first kappa shape index (κ1) is 19.8. The van der Waals surface area contributed by atoms with Gasteiger partial charge in [0.15, 0.2) is 5.78 Å². The highest BCUT2D eigenvalue weighted by molar-refractivity contribution is 7.89. The lowest BCUT2D eigenvalue weighted by Gasteiger charge is -2.23. The van der Waals surface area contributed by atoms with E-state index in [1.807, 2.05) is 30.3 Å². The van der Waals surface area contributed by atoms with Crippen LogP contribution < -0.4 is 0 Å². The first-order valence-corrected chi connectivity index (χ1v) is 10.2. The molecule has 2 aromatic carbocycles. The van der Waals surface area contributed by atoms with Crippen LogP contribution in [0.15, 0.2) is 59.5 Å². The average Bonchev–Trinajstić information content (AvgIpc) is 2.82. The predicted octanol–water partition coefficient (Wildman–Crippen LogP) is 2.12. The Balaban J connectivity index is 1.95. The van der Waals surface area contributed by atoms with Gasteiger partial charge in [0.2, 0.25) is 5.91 Å². The standard InChI is InChI=1S/C20H19NO6S/c22-17-10-9-15(11-14-5-2-1-3-6-14)19(23)21(13-17)28(26,27)18-8-4-7-16(12-18)20(24)25/h1-8,12,15H,9-11,13H2,(H,24,25). The van der Waals surface area contributed by atoms with E-state index in [4.69, 9.17) is 5.11 Å². The SMILES string of the molecule is O=C1CCC(Cc2ccccc2)C(=O)N(S(=O)(=O)c2cccc(C(=O)O)c2)C1. The fraction of sp³-hybridized carbons (Fsp3) is 0.250. The van der Waals surface area contributed by atoms with E-state index in [-0.39, 0.29) is 29.1 Å². The zero-order chi connectivity index (χ0) is 20.3. The quantitative estimate of drug-likeness (QED) is 0.822. The molecule has 1 unspecified atom stereocenters. The maximum absolute atomic E-state index is 13.0. The first-order chi connectivity index (χ1) is 13.3. The molecule has 3 rings (SSSR count). The molecule has 7 nitrogen and oxygen atoms in total. The number of carboxylic acid groups (broad SMARTS) is 1. The Hall–Kier alpha value is -3.00. The summed E-state index contributed by atoms with van der Waals surface area (Å²) in [6.07, 6.45) is 0.715. The van der Waals surface area contributed by atoms with Crippen molar-refractivity contribution < 1.29 is 27.9 Å². The third-order valence-corrected chi connectivity index (χ3v) is 6.42. The second-order valence-electron chi connectivity index (χ2n) is 6.65. The maximum Gasteiger partial charge on any atom is 0.335 e. The van der Waals surface area contributed by atoms with Crippen molar-refractivity contribution in [2.45, 2.75) is 24.2 Å². The molecule has 8 heteroatoms. The molecule has 0 bridgehead atoms. The molecule has 0 radical (unpaired) electrons. The molecule has 1 amide bonds. The smallest absolute Gasteiger partial charge is 0.335 e. The molecule has 0 saturated carbocycles. The van der Waals surface area contributed by atoms with Crippen molar-refractivity contribution in [3.63, 3.8) is 0 Å². The number of sulfonamides is 1. The number of aromatic carboxylic acids is 1. The van der Waals surface area contributed by atoms with Crippen molar-refractivity contribution in [2.75, 3.05) is 6.54 Å². The number of hydrogen-bond acceptors (Lipinski definition) is 5. The zero-order valence-electron chi connectivity index (χ0n) is 14.9. The van der Waals surface area contributed by atoms with E-state index < -0.39 is 34.4 Å². The maximum atomic E-state index is 13.0. The Morgan fingerprint density at radius 1 is 1.07 bits per heavy atom. The Kier molecular flexibility index (Phi) is 5.60. The van der Waals surface area contributed by atoms with Gasteiger partial charge in [-0.15, -0.1) is 0 Å². The monoisotopic (exact) mass is 401 g/mol. The Morgan fingerprint density at radius 2 is 1.79 bits per heavy atom. The number of ketones is 1. The van der Waals surface area contributed by atoms with Crippen molar-refractivity contribution in [3.05, 3.63) is 65.7 Å². The summed E-state index contributed by atoms with van der Waals surface area (Å²) < 4.78 is 26.7. The van der Waals surface area contributed by atoms with Crippen LogP contribution in [0, 0.1) is 5.92 Å². The molecule has 1 fully saturated rings. The molecule has 1 N–H and O–H groups in total. The third kappa shape index (κ3) is 4.12.